The molecule has 2 aromatic rings. The molecule has 20 heavy (non-hydrogen) atoms. The molecule has 106 valence electrons. The Labute approximate surface area is 119 Å². The zero-order chi connectivity index (χ0) is 13.9. The number of benzene rings is 1. The zero-order valence-electron chi connectivity index (χ0n) is 12.1. The highest BCUT2D eigenvalue weighted by Crippen LogP contribution is 2.27. The van der Waals surface area contributed by atoms with Gasteiger partial charge in [-0.15, -0.1) is 0 Å². The molecular weight excluding hydrogens is 250 g/mol. The lowest BCUT2D eigenvalue weighted by Gasteiger charge is -2.22. The molecule has 0 spiro atoms. The molecule has 0 radical (unpaired) electrons. The molecule has 0 bridgehead atoms. The lowest BCUT2D eigenvalue weighted by molar-refractivity contribution is 0.400. The number of rotatable bonds is 4. The highest BCUT2D eigenvalue weighted by atomic mass is 16.5. The lowest BCUT2D eigenvalue weighted by atomic mass is 10.0. The number of anilines is 1. The van der Waals surface area contributed by atoms with Gasteiger partial charge in [0.25, 0.3) is 0 Å². The maximum atomic E-state index is 5.44. The van der Waals surface area contributed by atoms with Crippen LogP contribution in [0.15, 0.2) is 34.9 Å². The molecule has 1 aliphatic rings. The predicted molar refractivity (Wildman–Crippen MR) is 78.9 cm³/mol. The van der Waals surface area contributed by atoms with Crippen molar-refractivity contribution >= 4 is 6.01 Å². The summed E-state index contributed by atoms with van der Waals surface area (Å²) in [5, 5.41) is 4.07. The molecule has 0 amide bonds. The first-order valence-electron chi connectivity index (χ1n) is 7.38. The summed E-state index contributed by atoms with van der Waals surface area (Å²) < 4.78 is 5.44. The summed E-state index contributed by atoms with van der Waals surface area (Å²) in [6.45, 7) is 5.18. The molecule has 1 aromatic carbocycles. The maximum Gasteiger partial charge on any atom is 0.324 e. The molecule has 4 nitrogen and oxygen atoms in total. The molecule has 1 unspecified atom stereocenters. The number of hydrogen-bond acceptors (Lipinski definition) is 4. The van der Waals surface area contributed by atoms with Crippen LogP contribution in [0.2, 0.25) is 0 Å². The molecule has 1 fully saturated rings. The van der Waals surface area contributed by atoms with E-state index in [1.165, 1.54) is 18.4 Å². The average molecular weight is 271 g/mol. The van der Waals surface area contributed by atoms with Crippen LogP contribution in [0.1, 0.15) is 44.0 Å². The van der Waals surface area contributed by atoms with Gasteiger partial charge >= 0.3 is 6.01 Å². The number of aromatic nitrogens is 2. The molecule has 2 heterocycles. The summed E-state index contributed by atoms with van der Waals surface area (Å²) in [7, 11) is 0. The molecule has 3 rings (SSSR count). The van der Waals surface area contributed by atoms with Crippen molar-refractivity contribution in [3.63, 3.8) is 0 Å². The third-order valence-corrected chi connectivity index (χ3v) is 3.88. The minimum absolute atomic E-state index is 0.308. The van der Waals surface area contributed by atoms with E-state index >= 15 is 0 Å². The molecule has 1 atom stereocenters. The van der Waals surface area contributed by atoms with Crippen LogP contribution in [0.3, 0.4) is 0 Å². The monoisotopic (exact) mass is 271 g/mol. The summed E-state index contributed by atoms with van der Waals surface area (Å²) in [5.74, 6) is 1.10. The third-order valence-electron chi connectivity index (χ3n) is 3.88. The first-order valence-corrected chi connectivity index (χ1v) is 7.38. The Morgan fingerprint density at radius 1 is 1.30 bits per heavy atom. The van der Waals surface area contributed by atoms with Crippen molar-refractivity contribution in [2.24, 2.45) is 0 Å². The summed E-state index contributed by atoms with van der Waals surface area (Å²) in [6, 6.07) is 11.8. The van der Waals surface area contributed by atoms with Crippen LogP contribution >= 0.6 is 0 Å². The van der Waals surface area contributed by atoms with E-state index in [1.54, 1.807) is 0 Å². The van der Waals surface area contributed by atoms with E-state index in [0.29, 0.717) is 18.0 Å². The zero-order valence-corrected chi connectivity index (χ0v) is 12.1. The van der Waals surface area contributed by atoms with Crippen LogP contribution in [0, 0.1) is 0 Å². The van der Waals surface area contributed by atoms with Crippen LogP contribution in [0.5, 0.6) is 0 Å². The Bertz CT molecular complexity index is 550. The highest BCUT2D eigenvalue weighted by Gasteiger charge is 2.29. The third kappa shape index (κ3) is 2.69. The van der Waals surface area contributed by atoms with Crippen LogP contribution in [-0.2, 0) is 6.42 Å². The van der Waals surface area contributed by atoms with Gasteiger partial charge in [-0.05, 0) is 24.8 Å². The summed E-state index contributed by atoms with van der Waals surface area (Å²) in [4.78, 5) is 6.80. The van der Waals surface area contributed by atoms with E-state index < -0.39 is 0 Å². The van der Waals surface area contributed by atoms with E-state index in [1.807, 2.05) is 0 Å². The van der Waals surface area contributed by atoms with Crippen molar-refractivity contribution in [1.82, 2.24) is 10.1 Å². The smallest absolute Gasteiger partial charge is 0.321 e. The Kier molecular flexibility index (Phi) is 3.72. The van der Waals surface area contributed by atoms with E-state index in [0.717, 1.165) is 18.8 Å². The van der Waals surface area contributed by atoms with Gasteiger partial charge in [0.2, 0.25) is 0 Å². The summed E-state index contributed by atoms with van der Waals surface area (Å²) >= 11 is 0. The fraction of sp³-hybridized carbons (Fsp3) is 0.500. The van der Waals surface area contributed by atoms with Gasteiger partial charge in [0.05, 0.1) is 0 Å². The molecule has 0 saturated carbocycles. The van der Waals surface area contributed by atoms with E-state index in [9.17, 15) is 0 Å². The first kappa shape index (κ1) is 13.2. The van der Waals surface area contributed by atoms with Gasteiger partial charge in [-0.2, -0.15) is 4.98 Å². The van der Waals surface area contributed by atoms with Crippen molar-refractivity contribution in [2.75, 3.05) is 11.4 Å². The second-order valence-electron chi connectivity index (χ2n) is 5.77. The fourth-order valence-corrected chi connectivity index (χ4v) is 2.76. The minimum atomic E-state index is 0.308. The molecule has 1 aliphatic heterocycles. The first-order chi connectivity index (χ1) is 9.74. The SMILES string of the molecule is CC(C)c1noc(N2CCCC2Cc2ccccc2)n1. The van der Waals surface area contributed by atoms with Gasteiger partial charge in [-0.3, -0.25) is 0 Å². The van der Waals surface area contributed by atoms with Crippen molar-refractivity contribution in [1.29, 1.82) is 0 Å². The topological polar surface area (TPSA) is 42.2 Å². The van der Waals surface area contributed by atoms with Crippen molar-refractivity contribution < 1.29 is 4.52 Å². The Morgan fingerprint density at radius 2 is 2.10 bits per heavy atom. The Balaban J connectivity index is 1.74. The second-order valence-corrected chi connectivity index (χ2v) is 5.77. The molecule has 1 saturated heterocycles. The molecule has 4 heteroatoms. The van der Waals surface area contributed by atoms with Gasteiger partial charge in [-0.25, -0.2) is 0 Å². The van der Waals surface area contributed by atoms with Crippen LogP contribution in [0.25, 0.3) is 0 Å². The van der Waals surface area contributed by atoms with E-state index in [-0.39, 0.29) is 0 Å². The van der Waals surface area contributed by atoms with Gasteiger partial charge in [0.15, 0.2) is 5.82 Å². The number of nitrogens with zero attached hydrogens (tertiary/aromatic N) is 3. The van der Waals surface area contributed by atoms with Crippen molar-refractivity contribution in [3.8, 4) is 0 Å². The fourth-order valence-electron chi connectivity index (χ4n) is 2.76. The normalized spacial score (nSPS) is 18.9. The minimum Gasteiger partial charge on any atom is -0.321 e. The molecule has 0 aliphatic carbocycles. The predicted octanol–water partition coefficient (Wildman–Crippen LogP) is 3.40. The van der Waals surface area contributed by atoms with Crippen LogP contribution < -0.4 is 4.90 Å². The van der Waals surface area contributed by atoms with Gasteiger partial charge in [0, 0.05) is 18.5 Å². The van der Waals surface area contributed by atoms with Crippen LogP contribution in [0.4, 0.5) is 6.01 Å². The maximum absolute atomic E-state index is 5.44. The average Bonchev–Trinajstić information content (AvgIpc) is 3.08. The van der Waals surface area contributed by atoms with Gasteiger partial charge in [-0.1, -0.05) is 49.3 Å². The van der Waals surface area contributed by atoms with Crippen molar-refractivity contribution in [2.45, 2.75) is 45.1 Å². The molecule has 0 N–H and O–H groups in total. The second kappa shape index (κ2) is 5.65. The van der Waals surface area contributed by atoms with Crippen LogP contribution in [-0.4, -0.2) is 22.7 Å². The van der Waals surface area contributed by atoms with E-state index in [4.69, 9.17) is 4.52 Å². The largest absolute Gasteiger partial charge is 0.324 e. The summed E-state index contributed by atoms with van der Waals surface area (Å²) in [5.41, 5.74) is 1.37. The van der Waals surface area contributed by atoms with E-state index in [2.05, 4.69) is 59.2 Å². The summed E-state index contributed by atoms with van der Waals surface area (Å²) in [6.07, 6.45) is 3.42. The highest BCUT2D eigenvalue weighted by molar-refractivity contribution is 5.31. The van der Waals surface area contributed by atoms with Gasteiger partial charge in [0.1, 0.15) is 0 Å². The Hall–Kier alpha value is -1.84. The number of hydrogen-bond donors (Lipinski definition) is 0. The van der Waals surface area contributed by atoms with Crippen molar-refractivity contribution in [3.05, 3.63) is 41.7 Å². The lowest BCUT2D eigenvalue weighted by Crippen LogP contribution is -2.31. The molecular formula is C16H21N3O. The van der Waals surface area contributed by atoms with Gasteiger partial charge < -0.3 is 9.42 Å². The quantitative estimate of drug-likeness (QED) is 0.854. The standard InChI is InChI=1S/C16H21N3O/c1-12(2)15-17-16(20-18-15)19-10-6-9-14(19)11-13-7-4-3-5-8-13/h3-5,7-8,12,14H,6,9-11H2,1-2H3. The Morgan fingerprint density at radius 3 is 2.80 bits per heavy atom. The molecule has 1 aromatic heterocycles.